The van der Waals surface area contributed by atoms with Crippen molar-refractivity contribution in [2.45, 2.75) is 24.7 Å². The zero-order chi connectivity index (χ0) is 17.2. The number of rotatable bonds is 8. The molecule has 1 N–H and O–H groups in total. The molecule has 1 atom stereocenters. The molecule has 1 saturated heterocycles. The van der Waals surface area contributed by atoms with E-state index >= 15 is 0 Å². The first kappa shape index (κ1) is 22.5. The maximum absolute atomic E-state index is 12.9. The van der Waals surface area contributed by atoms with E-state index in [9.17, 15) is 4.39 Å². The molecule has 0 spiro atoms. The molecule has 1 aliphatic heterocycles. The molecule has 1 heterocycles. The molecule has 0 aliphatic carbocycles. The van der Waals surface area contributed by atoms with Crippen molar-refractivity contribution >= 4 is 41.7 Å². The second kappa shape index (κ2) is 12.8. The van der Waals surface area contributed by atoms with Crippen molar-refractivity contribution in [2.75, 3.05) is 45.6 Å². The molecule has 1 unspecified atom stereocenters. The van der Waals surface area contributed by atoms with E-state index < -0.39 is 0 Å². The molecule has 7 heteroatoms. The summed E-state index contributed by atoms with van der Waals surface area (Å²) in [4.78, 5) is 8.02. The second-order valence-electron chi connectivity index (χ2n) is 6.00. The number of nitrogens with one attached hydrogen (secondary N) is 1. The van der Waals surface area contributed by atoms with Gasteiger partial charge in [-0.15, -0.1) is 35.7 Å². The summed E-state index contributed by atoms with van der Waals surface area (Å²) < 4.78 is 18.3. The van der Waals surface area contributed by atoms with Gasteiger partial charge in [0.15, 0.2) is 5.96 Å². The number of benzene rings is 1. The Labute approximate surface area is 172 Å². The number of halogens is 2. The number of nitrogens with zero attached hydrogens (tertiary/aromatic N) is 2. The van der Waals surface area contributed by atoms with Crippen molar-refractivity contribution in [1.29, 1.82) is 0 Å². The molecule has 142 valence electrons. The molecule has 0 aromatic heterocycles. The van der Waals surface area contributed by atoms with Gasteiger partial charge in [0.1, 0.15) is 5.82 Å². The Morgan fingerprint density at radius 1 is 1.40 bits per heavy atom. The molecule has 1 aromatic rings. The minimum Gasteiger partial charge on any atom is -0.381 e. The van der Waals surface area contributed by atoms with Gasteiger partial charge in [-0.05, 0) is 49.8 Å². The van der Waals surface area contributed by atoms with Gasteiger partial charge in [0.2, 0.25) is 0 Å². The van der Waals surface area contributed by atoms with E-state index in [1.54, 1.807) is 11.8 Å². The minimum absolute atomic E-state index is 0. The predicted octanol–water partition coefficient (Wildman–Crippen LogP) is 3.86. The first-order chi connectivity index (χ1) is 11.7. The molecular formula is C18H29FIN3OS. The Bertz CT molecular complexity index is 510. The molecule has 0 radical (unpaired) electrons. The third-order valence-corrected chi connectivity index (χ3v) is 5.00. The molecule has 1 aromatic carbocycles. The Morgan fingerprint density at radius 2 is 2.16 bits per heavy atom. The van der Waals surface area contributed by atoms with Crippen molar-refractivity contribution in [2.24, 2.45) is 10.9 Å². The second-order valence-corrected chi connectivity index (χ2v) is 7.17. The van der Waals surface area contributed by atoms with Gasteiger partial charge < -0.3 is 15.0 Å². The number of ether oxygens (including phenoxy) is 1. The van der Waals surface area contributed by atoms with Crippen molar-refractivity contribution in [1.82, 2.24) is 10.2 Å². The summed E-state index contributed by atoms with van der Waals surface area (Å²) in [7, 11) is 2.09. The molecule has 2 rings (SSSR count). The molecule has 4 nitrogen and oxygen atoms in total. The highest BCUT2D eigenvalue weighted by atomic mass is 127. The summed E-state index contributed by atoms with van der Waals surface area (Å²) in [5.74, 6) is 2.37. The van der Waals surface area contributed by atoms with Crippen molar-refractivity contribution < 1.29 is 9.13 Å². The van der Waals surface area contributed by atoms with Crippen molar-refractivity contribution in [3.05, 3.63) is 30.1 Å². The summed E-state index contributed by atoms with van der Waals surface area (Å²) in [6.45, 7) is 6.48. The van der Waals surface area contributed by atoms with Crippen LogP contribution in [0.1, 0.15) is 19.8 Å². The maximum Gasteiger partial charge on any atom is 0.193 e. The highest BCUT2D eigenvalue weighted by Gasteiger charge is 2.18. The van der Waals surface area contributed by atoms with Gasteiger partial charge in [-0.1, -0.05) is 0 Å². The van der Waals surface area contributed by atoms with E-state index in [2.05, 4.69) is 24.2 Å². The lowest BCUT2D eigenvalue weighted by atomic mass is 10.1. The van der Waals surface area contributed by atoms with Gasteiger partial charge in [-0.2, -0.15) is 0 Å². The van der Waals surface area contributed by atoms with Gasteiger partial charge in [0.25, 0.3) is 0 Å². The van der Waals surface area contributed by atoms with Crippen molar-refractivity contribution in [3.8, 4) is 0 Å². The fourth-order valence-electron chi connectivity index (χ4n) is 2.64. The quantitative estimate of drug-likeness (QED) is 0.201. The van der Waals surface area contributed by atoms with Gasteiger partial charge in [0, 0.05) is 44.1 Å². The number of hydrogen-bond donors (Lipinski definition) is 1. The maximum atomic E-state index is 12.9. The topological polar surface area (TPSA) is 36.9 Å². The van der Waals surface area contributed by atoms with Gasteiger partial charge in [0.05, 0.1) is 6.61 Å². The molecule has 0 saturated carbocycles. The van der Waals surface area contributed by atoms with Gasteiger partial charge >= 0.3 is 0 Å². The van der Waals surface area contributed by atoms with E-state index in [-0.39, 0.29) is 29.8 Å². The Kier molecular flexibility index (Phi) is 11.5. The predicted molar refractivity (Wildman–Crippen MR) is 115 cm³/mol. The number of thioether (sulfide) groups is 1. The Hall–Kier alpha value is -0.540. The molecule has 0 amide bonds. The number of hydrogen-bond acceptors (Lipinski definition) is 3. The van der Waals surface area contributed by atoms with Crippen LogP contribution in [0.5, 0.6) is 0 Å². The zero-order valence-corrected chi connectivity index (χ0v) is 18.2. The third kappa shape index (κ3) is 8.59. The molecule has 0 bridgehead atoms. The Morgan fingerprint density at radius 3 is 2.80 bits per heavy atom. The average Bonchev–Trinajstić information content (AvgIpc) is 3.08. The first-order valence-corrected chi connectivity index (χ1v) is 9.63. The van der Waals surface area contributed by atoms with Gasteiger partial charge in [-0.3, -0.25) is 4.99 Å². The molecular weight excluding hydrogens is 452 g/mol. The lowest BCUT2D eigenvalue weighted by Gasteiger charge is -2.24. The van der Waals surface area contributed by atoms with Crippen LogP contribution in [0.15, 0.2) is 34.2 Å². The Balaban J connectivity index is 0.00000312. The number of guanidine groups is 1. The fourth-order valence-corrected chi connectivity index (χ4v) is 3.48. The van der Waals surface area contributed by atoms with Crippen LogP contribution in [0, 0.1) is 11.7 Å². The summed E-state index contributed by atoms with van der Waals surface area (Å²) in [5.41, 5.74) is 0. The van der Waals surface area contributed by atoms with E-state index in [1.807, 2.05) is 12.1 Å². The van der Waals surface area contributed by atoms with Crippen LogP contribution in [-0.4, -0.2) is 56.5 Å². The van der Waals surface area contributed by atoms with Crippen LogP contribution in [0.3, 0.4) is 0 Å². The normalized spacial score (nSPS) is 17.2. The van der Waals surface area contributed by atoms with Crippen LogP contribution in [0.2, 0.25) is 0 Å². The lowest BCUT2D eigenvalue weighted by Crippen LogP contribution is -2.41. The van der Waals surface area contributed by atoms with Gasteiger partial charge in [-0.25, -0.2) is 4.39 Å². The molecule has 25 heavy (non-hydrogen) atoms. The van der Waals surface area contributed by atoms with Crippen LogP contribution in [0.25, 0.3) is 0 Å². The highest BCUT2D eigenvalue weighted by Crippen LogP contribution is 2.18. The average molecular weight is 481 g/mol. The van der Waals surface area contributed by atoms with Crippen molar-refractivity contribution in [3.63, 3.8) is 0 Å². The zero-order valence-electron chi connectivity index (χ0n) is 15.0. The third-order valence-electron chi connectivity index (χ3n) is 3.90. The molecule has 1 aliphatic rings. The van der Waals surface area contributed by atoms with E-state index in [0.717, 1.165) is 62.3 Å². The van der Waals surface area contributed by atoms with E-state index in [0.29, 0.717) is 5.92 Å². The first-order valence-electron chi connectivity index (χ1n) is 8.64. The fraction of sp³-hybridized carbons (Fsp3) is 0.611. The highest BCUT2D eigenvalue weighted by molar-refractivity contribution is 14.0. The van der Waals surface area contributed by atoms with Crippen LogP contribution in [-0.2, 0) is 4.74 Å². The summed E-state index contributed by atoms with van der Waals surface area (Å²) in [6.07, 6.45) is 2.13. The summed E-state index contributed by atoms with van der Waals surface area (Å²) in [5, 5.41) is 3.36. The summed E-state index contributed by atoms with van der Waals surface area (Å²) >= 11 is 1.74. The monoisotopic (exact) mass is 481 g/mol. The largest absolute Gasteiger partial charge is 0.381 e. The van der Waals surface area contributed by atoms with Crippen LogP contribution in [0.4, 0.5) is 4.39 Å². The number of aliphatic imine (C=N–C) groups is 1. The smallest absolute Gasteiger partial charge is 0.193 e. The lowest BCUT2D eigenvalue weighted by molar-refractivity contribution is 0.181. The molecule has 1 fully saturated rings. The SMILES string of the molecule is CCNC(=NCCCSc1ccc(F)cc1)N(C)CC1CCOC1.I. The van der Waals surface area contributed by atoms with E-state index in [1.165, 1.54) is 12.1 Å². The standard InChI is InChI=1S/C18H28FN3OS.HI/c1-3-20-18(22(2)13-15-9-11-23-14-15)21-10-4-12-24-17-7-5-16(19)6-8-17;/h5-8,15H,3-4,9-14H2,1-2H3,(H,20,21);1H. The summed E-state index contributed by atoms with van der Waals surface area (Å²) in [6, 6.07) is 6.66. The van der Waals surface area contributed by atoms with Crippen LogP contribution >= 0.6 is 35.7 Å². The van der Waals surface area contributed by atoms with Crippen LogP contribution < -0.4 is 5.32 Å². The minimum atomic E-state index is -0.185. The van der Waals surface area contributed by atoms with E-state index in [4.69, 9.17) is 9.73 Å².